The number of carboxylic acids is 1. The summed E-state index contributed by atoms with van der Waals surface area (Å²) in [5, 5.41) is 19.6. The van der Waals surface area contributed by atoms with E-state index in [0.717, 1.165) is 12.8 Å². The van der Waals surface area contributed by atoms with Gasteiger partial charge in [-0.05, 0) is 37.5 Å². The number of carboxylic acid groups (broad SMARTS) is 1. The third-order valence-corrected chi connectivity index (χ3v) is 3.65. The van der Waals surface area contributed by atoms with Gasteiger partial charge in [-0.2, -0.15) is 0 Å². The number of hydrogen-bond acceptors (Lipinski definition) is 2. The Morgan fingerprint density at radius 2 is 1.80 bits per heavy atom. The SMILES string of the molecule is CC1CCC(O)(C(C(=O)O)C(C)C)CC1. The van der Waals surface area contributed by atoms with Gasteiger partial charge in [0.15, 0.2) is 0 Å². The molecule has 3 nitrogen and oxygen atoms in total. The summed E-state index contributed by atoms with van der Waals surface area (Å²) in [5.41, 5.74) is -0.980. The van der Waals surface area contributed by atoms with Gasteiger partial charge in [0, 0.05) is 0 Å². The summed E-state index contributed by atoms with van der Waals surface area (Å²) in [5.74, 6) is -0.875. The molecule has 1 fully saturated rings. The van der Waals surface area contributed by atoms with E-state index in [9.17, 15) is 9.90 Å². The molecule has 1 aliphatic rings. The quantitative estimate of drug-likeness (QED) is 0.757. The molecule has 88 valence electrons. The molecule has 0 spiro atoms. The Kier molecular flexibility index (Phi) is 3.77. The van der Waals surface area contributed by atoms with Crippen molar-refractivity contribution < 1.29 is 15.0 Å². The van der Waals surface area contributed by atoms with Crippen molar-refractivity contribution in [2.24, 2.45) is 17.8 Å². The highest BCUT2D eigenvalue weighted by atomic mass is 16.4. The lowest BCUT2D eigenvalue weighted by molar-refractivity contribution is -0.159. The zero-order chi connectivity index (χ0) is 11.6. The predicted molar refractivity (Wildman–Crippen MR) is 58.5 cm³/mol. The van der Waals surface area contributed by atoms with E-state index in [2.05, 4.69) is 6.92 Å². The second-order valence-electron chi connectivity index (χ2n) is 5.35. The fourth-order valence-electron chi connectivity index (χ4n) is 2.71. The zero-order valence-corrected chi connectivity index (χ0v) is 9.86. The molecule has 0 aromatic heterocycles. The Hall–Kier alpha value is -0.570. The zero-order valence-electron chi connectivity index (χ0n) is 9.86. The summed E-state index contributed by atoms with van der Waals surface area (Å²) < 4.78 is 0. The number of carbonyl (C=O) groups is 1. The molecule has 0 saturated heterocycles. The minimum Gasteiger partial charge on any atom is -0.481 e. The summed E-state index contributed by atoms with van der Waals surface area (Å²) in [6, 6.07) is 0. The van der Waals surface area contributed by atoms with Crippen molar-refractivity contribution in [1.82, 2.24) is 0 Å². The Morgan fingerprint density at radius 1 is 1.33 bits per heavy atom. The van der Waals surface area contributed by atoms with Gasteiger partial charge < -0.3 is 10.2 Å². The maximum Gasteiger partial charge on any atom is 0.309 e. The molecular formula is C12H22O3. The second kappa shape index (κ2) is 4.52. The normalized spacial score (nSPS) is 34.1. The standard InChI is InChI=1S/C12H22O3/c1-8(2)10(11(13)14)12(15)6-4-9(3)5-7-12/h8-10,15H,4-7H2,1-3H3,(H,13,14). The van der Waals surface area contributed by atoms with Crippen LogP contribution in [-0.4, -0.2) is 21.8 Å². The molecule has 15 heavy (non-hydrogen) atoms. The maximum atomic E-state index is 11.2. The average Bonchev–Trinajstić information content (AvgIpc) is 2.09. The van der Waals surface area contributed by atoms with Gasteiger partial charge in [-0.15, -0.1) is 0 Å². The van der Waals surface area contributed by atoms with E-state index >= 15 is 0 Å². The van der Waals surface area contributed by atoms with Crippen molar-refractivity contribution in [1.29, 1.82) is 0 Å². The van der Waals surface area contributed by atoms with Crippen LogP contribution in [0.4, 0.5) is 0 Å². The van der Waals surface area contributed by atoms with Gasteiger partial charge in [-0.1, -0.05) is 20.8 Å². The molecule has 1 atom stereocenters. The smallest absolute Gasteiger partial charge is 0.309 e. The highest BCUT2D eigenvalue weighted by Gasteiger charge is 2.44. The van der Waals surface area contributed by atoms with Crippen LogP contribution in [0.2, 0.25) is 0 Å². The topological polar surface area (TPSA) is 57.5 Å². The van der Waals surface area contributed by atoms with Crippen LogP contribution in [-0.2, 0) is 4.79 Å². The highest BCUT2D eigenvalue weighted by Crippen LogP contribution is 2.39. The third-order valence-electron chi connectivity index (χ3n) is 3.65. The first-order valence-corrected chi connectivity index (χ1v) is 5.82. The molecule has 0 amide bonds. The lowest BCUT2D eigenvalue weighted by Gasteiger charge is -2.40. The van der Waals surface area contributed by atoms with Crippen molar-refractivity contribution in [3.05, 3.63) is 0 Å². The van der Waals surface area contributed by atoms with Gasteiger partial charge in [0.05, 0.1) is 11.5 Å². The van der Waals surface area contributed by atoms with Gasteiger partial charge in [-0.3, -0.25) is 4.79 Å². The summed E-state index contributed by atoms with van der Waals surface area (Å²) in [7, 11) is 0. The second-order valence-corrected chi connectivity index (χ2v) is 5.35. The molecule has 0 radical (unpaired) electrons. The Balaban J connectivity index is 2.78. The third kappa shape index (κ3) is 2.71. The molecule has 0 heterocycles. The monoisotopic (exact) mass is 214 g/mol. The van der Waals surface area contributed by atoms with Crippen molar-refractivity contribution in [3.8, 4) is 0 Å². The molecule has 1 unspecified atom stereocenters. The van der Waals surface area contributed by atoms with Crippen LogP contribution in [0.3, 0.4) is 0 Å². The van der Waals surface area contributed by atoms with Gasteiger partial charge in [-0.25, -0.2) is 0 Å². The molecule has 0 aliphatic heterocycles. The summed E-state index contributed by atoms with van der Waals surface area (Å²) in [4.78, 5) is 11.2. The van der Waals surface area contributed by atoms with E-state index in [1.165, 1.54) is 0 Å². The number of aliphatic hydroxyl groups is 1. The first kappa shape index (κ1) is 12.5. The molecule has 0 bridgehead atoms. The Labute approximate surface area is 91.5 Å². The van der Waals surface area contributed by atoms with Gasteiger partial charge in [0.25, 0.3) is 0 Å². The van der Waals surface area contributed by atoms with E-state index in [1.54, 1.807) is 0 Å². The van der Waals surface area contributed by atoms with Gasteiger partial charge in [0.1, 0.15) is 0 Å². The van der Waals surface area contributed by atoms with Crippen LogP contribution in [0.15, 0.2) is 0 Å². The first-order valence-electron chi connectivity index (χ1n) is 5.82. The van der Waals surface area contributed by atoms with Crippen LogP contribution < -0.4 is 0 Å². The number of rotatable bonds is 3. The van der Waals surface area contributed by atoms with Crippen molar-refractivity contribution in [3.63, 3.8) is 0 Å². The highest BCUT2D eigenvalue weighted by molar-refractivity contribution is 5.71. The molecule has 3 heteroatoms. The number of hydrogen-bond donors (Lipinski definition) is 2. The fourth-order valence-corrected chi connectivity index (χ4v) is 2.71. The van der Waals surface area contributed by atoms with Crippen LogP contribution in [0, 0.1) is 17.8 Å². The lowest BCUT2D eigenvalue weighted by atomic mass is 9.69. The van der Waals surface area contributed by atoms with Crippen LogP contribution >= 0.6 is 0 Å². The maximum absolute atomic E-state index is 11.2. The van der Waals surface area contributed by atoms with Crippen LogP contribution in [0.25, 0.3) is 0 Å². The van der Waals surface area contributed by atoms with E-state index in [1.807, 2.05) is 13.8 Å². The van der Waals surface area contributed by atoms with E-state index in [0.29, 0.717) is 18.8 Å². The predicted octanol–water partition coefficient (Wildman–Crippen LogP) is 2.28. The Bertz CT molecular complexity index is 227. The molecule has 1 rings (SSSR count). The largest absolute Gasteiger partial charge is 0.481 e. The van der Waals surface area contributed by atoms with E-state index < -0.39 is 17.5 Å². The molecule has 0 aromatic rings. The minimum absolute atomic E-state index is 0.0130. The average molecular weight is 214 g/mol. The fraction of sp³-hybridized carbons (Fsp3) is 0.917. The van der Waals surface area contributed by atoms with E-state index in [4.69, 9.17) is 5.11 Å². The molecule has 2 N–H and O–H groups in total. The van der Waals surface area contributed by atoms with Crippen molar-refractivity contribution >= 4 is 5.97 Å². The van der Waals surface area contributed by atoms with E-state index in [-0.39, 0.29) is 5.92 Å². The van der Waals surface area contributed by atoms with Crippen molar-refractivity contribution in [2.75, 3.05) is 0 Å². The molecule has 1 aliphatic carbocycles. The molecule has 0 aromatic carbocycles. The molecular weight excluding hydrogens is 192 g/mol. The van der Waals surface area contributed by atoms with Crippen LogP contribution in [0.1, 0.15) is 46.5 Å². The van der Waals surface area contributed by atoms with Crippen LogP contribution in [0.5, 0.6) is 0 Å². The summed E-state index contributed by atoms with van der Waals surface area (Å²) in [6.45, 7) is 5.90. The Morgan fingerprint density at radius 3 is 2.13 bits per heavy atom. The van der Waals surface area contributed by atoms with Crippen molar-refractivity contribution in [2.45, 2.75) is 52.1 Å². The first-order chi connectivity index (χ1) is 6.87. The lowest BCUT2D eigenvalue weighted by Crippen LogP contribution is -2.47. The van der Waals surface area contributed by atoms with Gasteiger partial charge >= 0.3 is 5.97 Å². The molecule has 1 saturated carbocycles. The summed E-state index contributed by atoms with van der Waals surface area (Å²) in [6.07, 6.45) is 3.13. The summed E-state index contributed by atoms with van der Waals surface area (Å²) >= 11 is 0. The minimum atomic E-state index is -0.980. The number of aliphatic carboxylic acids is 1. The van der Waals surface area contributed by atoms with Gasteiger partial charge in [0.2, 0.25) is 0 Å².